The van der Waals surface area contributed by atoms with E-state index in [-0.39, 0.29) is 24.1 Å². The molecule has 0 heterocycles. The third-order valence-corrected chi connectivity index (χ3v) is 6.10. The molecule has 5 nitrogen and oxygen atoms in total. The molecule has 3 rings (SSSR count). The summed E-state index contributed by atoms with van der Waals surface area (Å²) in [6, 6.07) is 17.2. The van der Waals surface area contributed by atoms with Crippen LogP contribution in [-0.4, -0.2) is 24.5 Å². The molecule has 0 radical (unpaired) electrons. The zero-order chi connectivity index (χ0) is 23.6. The summed E-state index contributed by atoms with van der Waals surface area (Å²) in [6.07, 6.45) is 1.51. The molecular weight excluding hydrogens is 531 g/mol. The lowest BCUT2D eigenvalue weighted by Crippen LogP contribution is -2.19. The first-order valence-corrected chi connectivity index (χ1v) is 12.1. The topological polar surface area (TPSA) is 59.9 Å². The number of carbonyl (C=O) groups excluding carboxylic acids is 1. The molecule has 1 N–H and O–H groups in total. The van der Waals surface area contributed by atoms with Crippen molar-refractivity contribution in [3.63, 3.8) is 0 Å². The molecule has 0 aliphatic carbocycles. The SMILES string of the molecule is CCOc1cc(/C=N\NC(=O)CSc2ccc(Cl)cc2)cc(Br)c1OCc1ccccc1F. The van der Waals surface area contributed by atoms with Crippen molar-refractivity contribution in [2.45, 2.75) is 18.4 Å². The molecular formula is C24H21BrClFN2O3S. The van der Waals surface area contributed by atoms with E-state index in [1.165, 1.54) is 24.0 Å². The quantitative estimate of drug-likeness (QED) is 0.178. The van der Waals surface area contributed by atoms with E-state index in [0.29, 0.717) is 38.7 Å². The second-order valence-electron chi connectivity index (χ2n) is 6.68. The zero-order valence-electron chi connectivity index (χ0n) is 17.7. The molecule has 0 aliphatic heterocycles. The lowest BCUT2D eigenvalue weighted by atomic mass is 10.2. The Bertz CT molecular complexity index is 1130. The van der Waals surface area contributed by atoms with Crippen molar-refractivity contribution in [1.82, 2.24) is 5.43 Å². The fourth-order valence-corrected chi connectivity index (χ4v) is 4.11. The molecule has 0 spiro atoms. The number of hydrogen-bond acceptors (Lipinski definition) is 5. The summed E-state index contributed by atoms with van der Waals surface area (Å²) in [6.45, 7) is 2.33. The number of hydrazone groups is 1. The predicted octanol–water partition coefficient (Wildman–Crippen LogP) is 6.46. The average Bonchev–Trinajstić information content (AvgIpc) is 2.79. The molecule has 0 atom stereocenters. The fraction of sp³-hybridized carbons (Fsp3) is 0.167. The van der Waals surface area contributed by atoms with Crippen molar-refractivity contribution >= 4 is 51.4 Å². The molecule has 0 saturated carbocycles. The lowest BCUT2D eigenvalue weighted by Gasteiger charge is -2.15. The summed E-state index contributed by atoms with van der Waals surface area (Å²) >= 11 is 10.7. The highest BCUT2D eigenvalue weighted by Gasteiger charge is 2.13. The van der Waals surface area contributed by atoms with E-state index in [9.17, 15) is 9.18 Å². The number of nitrogens with one attached hydrogen (secondary N) is 1. The van der Waals surface area contributed by atoms with Gasteiger partial charge >= 0.3 is 0 Å². The van der Waals surface area contributed by atoms with E-state index in [2.05, 4.69) is 26.5 Å². The van der Waals surface area contributed by atoms with Gasteiger partial charge in [0.2, 0.25) is 5.91 Å². The fourth-order valence-electron chi connectivity index (χ4n) is 2.72. The average molecular weight is 552 g/mol. The third kappa shape index (κ3) is 7.77. The summed E-state index contributed by atoms with van der Waals surface area (Å²) in [5.74, 6) is 0.589. The molecule has 0 aromatic heterocycles. The number of rotatable bonds is 10. The van der Waals surface area contributed by atoms with E-state index >= 15 is 0 Å². The van der Waals surface area contributed by atoms with E-state index in [0.717, 1.165) is 4.90 Å². The molecule has 0 saturated heterocycles. The maximum atomic E-state index is 13.9. The number of halogens is 3. The molecule has 1 amide bonds. The van der Waals surface area contributed by atoms with Crippen molar-refractivity contribution in [3.8, 4) is 11.5 Å². The largest absolute Gasteiger partial charge is 0.490 e. The normalized spacial score (nSPS) is 10.9. The van der Waals surface area contributed by atoms with Crippen LogP contribution in [0.5, 0.6) is 11.5 Å². The van der Waals surface area contributed by atoms with Crippen LogP contribution in [0, 0.1) is 5.82 Å². The predicted molar refractivity (Wildman–Crippen MR) is 134 cm³/mol. The summed E-state index contributed by atoms with van der Waals surface area (Å²) in [4.78, 5) is 13.0. The van der Waals surface area contributed by atoms with E-state index in [4.69, 9.17) is 21.1 Å². The van der Waals surface area contributed by atoms with Crippen LogP contribution in [0.2, 0.25) is 5.02 Å². The lowest BCUT2D eigenvalue weighted by molar-refractivity contribution is -0.118. The summed E-state index contributed by atoms with van der Waals surface area (Å²) in [7, 11) is 0. The Morgan fingerprint density at radius 1 is 1.18 bits per heavy atom. The van der Waals surface area contributed by atoms with E-state index in [1.807, 2.05) is 19.1 Å². The molecule has 0 bridgehead atoms. The molecule has 0 unspecified atom stereocenters. The first-order valence-electron chi connectivity index (χ1n) is 9.99. The molecule has 3 aromatic carbocycles. The Hall–Kier alpha value is -2.55. The van der Waals surface area contributed by atoms with E-state index in [1.54, 1.807) is 42.5 Å². The van der Waals surface area contributed by atoms with Crippen LogP contribution in [0.25, 0.3) is 0 Å². The van der Waals surface area contributed by atoms with Crippen LogP contribution in [-0.2, 0) is 11.4 Å². The van der Waals surface area contributed by atoms with Crippen LogP contribution < -0.4 is 14.9 Å². The second-order valence-corrected chi connectivity index (χ2v) is 9.02. The van der Waals surface area contributed by atoms with Gasteiger partial charge in [0.05, 0.1) is 23.0 Å². The number of thioether (sulfide) groups is 1. The first-order chi connectivity index (χ1) is 16.0. The minimum Gasteiger partial charge on any atom is -0.490 e. The third-order valence-electron chi connectivity index (χ3n) is 4.25. The Kier molecular flexibility index (Phi) is 9.60. The minimum atomic E-state index is -0.333. The number of nitrogens with zero attached hydrogens (tertiary/aromatic N) is 1. The monoisotopic (exact) mass is 550 g/mol. The molecule has 172 valence electrons. The molecule has 9 heteroatoms. The van der Waals surface area contributed by atoms with Crippen molar-refractivity contribution < 1.29 is 18.7 Å². The van der Waals surface area contributed by atoms with Gasteiger partial charge in [-0.05, 0) is 70.9 Å². The number of benzene rings is 3. The Morgan fingerprint density at radius 3 is 2.67 bits per heavy atom. The Labute approximate surface area is 209 Å². The Morgan fingerprint density at radius 2 is 1.94 bits per heavy atom. The standard InChI is InChI=1S/C24H21BrClFN2O3S/c1-2-31-22-12-16(11-20(25)24(22)32-14-17-5-3-4-6-21(17)27)13-28-29-23(30)15-33-19-9-7-18(26)8-10-19/h3-13H,2,14-15H2,1H3,(H,29,30)/b28-13-. The maximum absolute atomic E-state index is 13.9. The van der Waals surface area contributed by atoms with Crippen molar-refractivity contribution in [2.24, 2.45) is 5.10 Å². The number of ether oxygens (including phenoxy) is 2. The summed E-state index contributed by atoms with van der Waals surface area (Å²) < 4.78 is 26.0. The molecule has 3 aromatic rings. The van der Waals surface area contributed by atoms with Crippen LogP contribution in [0.1, 0.15) is 18.1 Å². The van der Waals surface area contributed by atoms with Crippen LogP contribution in [0.15, 0.2) is 75.1 Å². The van der Waals surface area contributed by atoms with Gasteiger partial charge in [-0.1, -0.05) is 29.8 Å². The summed E-state index contributed by atoms with van der Waals surface area (Å²) in [5.41, 5.74) is 3.64. The van der Waals surface area contributed by atoms with Crippen LogP contribution in [0.3, 0.4) is 0 Å². The smallest absolute Gasteiger partial charge is 0.250 e. The number of hydrogen-bond donors (Lipinski definition) is 1. The van der Waals surface area contributed by atoms with Crippen molar-refractivity contribution in [2.75, 3.05) is 12.4 Å². The summed E-state index contributed by atoms with van der Waals surface area (Å²) in [5, 5.41) is 4.67. The number of amides is 1. The maximum Gasteiger partial charge on any atom is 0.250 e. The van der Waals surface area contributed by atoms with Gasteiger partial charge in [-0.15, -0.1) is 11.8 Å². The van der Waals surface area contributed by atoms with Gasteiger partial charge in [0.25, 0.3) is 0 Å². The van der Waals surface area contributed by atoms with Gasteiger partial charge in [-0.25, -0.2) is 9.82 Å². The van der Waals surface area contributed by atoms with Gasteiger partial charge < -0.3 is 9.47 Å². The van der Waals surface area contributed by atoms with Gasteiger partial charge in [-0.3, -0.25) is 4.79 Å². The minimum absolute atomic E-state index is 0.0557. The van der Waals surface area contributed by atoms with Crippen molar-refractivity contribution in [1.29, 1.82) is 0 Å². The Balaban J connectivity index is 1.61. The van der Waals surface area contributed by atoms with E-state index < -0.39 is 0 Å². The van der Waals surface area contributed by atoms with Gasteiger partial charge in [0, 0.05) is 15.5 Å². The molecule has 0 aliphatic rings. The highest BCUT2D eigenvalue weighted by Crippen LogP contribution is 2.37. The van der Waals surface area contributed by atoms with Crippen LogP contribution in [0.4, 0.5) is 4.39 Å². The second kappa shape index (κ2) is 12.6. The van der Waals surface area contributed by atoms with Crippen LogP contribution >= 0.6 is 39.3 Å². The van der Waals surface area contributed by atoms with Gasteiger partial charge in [-0.2, -0.15) is 5.10 Å². The highest BCUT2D eigenvalue weighted by molar-refractivity contribution is 9.10. The zero-order valence-corrected chi connectivity index (χ0v) is 20.8. The molecule has 33 heavy (non-hydrogen) atoms. The van der Waals surface area contributed by atoms with Crippen molar-refractivity contribution in [3.05, 3.63) is 87.1 Å². The van der Waals surface area contributed by atoms with Gasteiger partial charge in [0.1, 0.15) is 12.4 Å². The highest BCUT2D eigenvalue weighted by atomic mass is 79.9. The number of carbonyl (C=O) groups is 1. The molecule has 0 fully saturated rings. The van der Waals surface area contributed by atoms with Gasteiger partial charge in [0.15, 0.2) is 11.5 Å². The first kappa shape index (κ1) is 25.1.